The average Bonchev–Trinajstić information content (AvgIpc) is 2.81. The molecule has 0 aromatic heterocycles. The standard InChI is InChI=1S/C12H17N3O2/c1-8-6-9(2-3-11(8)15-13)12(16)14-10-4-5-17-7-10/h2-3,6,10,15H,4-5,7,13H2,1H3,(H,14,16). The summed E-state index contributed by atoms with van der Waals surface area (Å²) in [6.45, 7) is 3.23. The third-order valence-corrected chi connectivity index (χ3v) is 2.91. The van der Waals surface area contributed by atoms with Gasteiger partial charge >= 0.3 is 0 Å². The minimum Gasteiger partial charge on any atom is -0.379 e. The Bertz CT molecular complexity index is 414. The lowest BCUT2D eigenvalue weighted by molar-refractivity contribution is 0.0930. The van der Waals surface area contributed by atoms with Crippen molar-refractivity contribution in [3.8, 4) is 0 Å². The molecule has 1 unspecified atom stereocenters. The zero-order chi connectivity index (χ0) is 12.3. The van der Waals surface area contributed by atoms with Gasteiger partial charge in [-0.1, -0.05) is 0 Å². The number of aryl methyl sites for hydroxylation is 1. The Kier molecular flexibility index (Phi) is 3.61. The van der Waals surface area contributed by atoms with Crippen LogP contribution < -0.4 is 16.6 Å². The second-order valence-corrected chi connectivity index (χ2v) is 4.21. The fourth-order valence-corrected chi connectivity index (χ4v) is 1.88. The molecule has 92 valence electrons. The first-order valence-corrected chi connectivity index (χ1v) is 5.66. The van der Waals surface area contributed by atoms with E-state index in [9.17, 15) is 4.79 Å². The highest BCUT2D eigenvalue weighted by Gasteiger charge is 2.18. The zero-order valence-corrected chi connectivity index (χ0v) is 9.82. The summed E-state index contributed by atoms with van der Waals surface area (Å²) in [7, 11) is 0. The number of rotatable bonds is 3. The molecule has 0 spiro atoms. The Labute approximate surface area is 100 Å². The van der Waals surface area contributed by atoms with Gasteiger partial charge in [0.1, 0.15) is 0 Å². The minimum absolute atomic E-state index is 0.0628. The summed E-state index contributed by atoms with van der Waals surface area (Å²) in [6, 6.07) is 5.51. The maximum absolute atomic E-state index is 11.9. The molecule has 1 aromatic rings. The molecule has 17 heavy (non-hydrogen) atoms. The number of nitrogens with two attached hydrogens (primary N) is 1. The molecule has 1 aromatic carbocycles. The molecular formula is C12H17N3O2. The number of nitrogens with one attached hydrogen (secondary N) is 2. The van der Waals surface area contributed by atoms with Gasteiger partial charge in [0.05, 0.1) is 18.3 Å². The summed E-state index contributed by atoms with van der Waals surface area (Å²) in [5.41, 5.74) is 5.00. The van der Waals surface area contributed by atoms with Crippen molar-refractivity contribution in [2.75, 3.05) is 18.6 Å². The van der Waals surface area contributed by atoms with Crippen LogP contribution in [-0.4, -0.2) is 25.2 Å². The number of nitrogen functional groups attached to an aromatic ring is 1. The molecule has 1 aliphatic rings. The largest absolute Gasteiger partial charge is 0.379 e. The number of carbonyl (C=O) groups is 1. The van der Waals surface area contributed by atoms with Crippen LogP contribution in [0.2, 0.25) is 0 Å². The summed E-state index contributed by atoms with van der Waals surface area (Å²) in [6.07, 6.45) is 0.882. The Morgan fingerprint density at radius 1 is 1.53 bits per heavy atom. The van der Waals surface area contributed by atoms with E-state index < -0.39 is 0 Å². The topological polar surface area (TPSA) is 76.4 Å². The third kappa shape index (κ3) is 2.75. The first-order chi connectivity index (χ1) is 8.20. The fourth-order valence-electron chi connectivity index (χ4n) is 1.88. The molecule has 1 aliphatic heterocycles. The van der Waals surface area contributed by atoms with Crippen molar-refractivity contribution in [3.05, 3.63) is 29.3 Å². The second kappa shape index (κ2) is 5.16. The van der Waals surface area contributed by atoms with Crippen molar-refractivity contribution < 1.29 is 9.53 Å². The maximum Gasteiger partial charge on any atom is 0.251 e. The minimum atomic E-state index is -0.0628. The van der Waals surface area contributed by atoms with E-state index in [2.05, 4.69) is 10.7 Å². The number of amides is 1. The summed E-state index contributed by atoms with van der Waals surface area (Å²) >= 11 is 0. The highest BCUT2D eigenvalue weighted by Crippen LogP contribution is 2.15. The molecule has 2 rings (SSSR count). The van der Waals surface area contributed by atoms with Gasteiger partial charge in [-0.15, -0.1) is 0 Å². The number of ether oxygens (including phenoxy) is 1. The van der Waals surface area contributed by atoms with E-state index in [1.54, 1.807) is 12.1 Å². The number of hydrazine groups is 1. The second-order valence-electron chi connectivity index (χ2n) is 4.21. The van der Waals surface area contributed by atoms with Crippen LogP contribution in [0.25, 0.3) is 0 Å². The lowest BCUT2D eigenvalue weighted by Gasteiger charge is -2.12. The van der Waals surface area contributed by atoms with Crippen LogP contribution in [0.1, 0.15) is 22.3 Å². The molecule has 1 saturated heterocycles. The van der Waals surface area contributed by atoms with E-state index in [0.29, 0.717) is 12.2 Å². The molecule has 0 bridgehead atoms. The van der Waals surface area contributed by atoms with Crippen molar-refractivity contribution in [1.82, 2.24) is 5.32 Å². The summed E-state index contributed by atoms with van der Waals surface area (Å²) < 4.78 is 5.21. The number of benzene rings is 1. The lowest BCUT2D eigenvalue weighted by Crippen LogP contribution is -2.35. The van der Waals surface area contributed by atoms with E-state index in [1.807, 2.05) is 13.0 Å². The van der Waals surface area contributed by atoms with Gasteiger partial charge in [-0.25, -0.2) is 0 Å². The normalized spacial score (nSPS) is 19.1. The van der Waals surface area contributed by atoms with E-state index in [-0.39, 0.29) is 11.9 Å². The smallest absolute Gasteiger partial charge is 0.251 e. The molecule has 5 nitrogen and oxygen atoms in total. The van der Waals surface area contributed by atoms with Crippen molar-refractivity contribution >= 4 is 11.6 Å². The molecule has 1 amide bonds. The van der Waals surface area contributed by atoms with Crippen LogP contribution in [0.4, 0.5) is 5.69 Å². The molecular weight excluding hydrogens is 218 g/mol. The maximum atomic E-state index is 11.9. The van der Waals surface area contributed by atoms with Gasteiger partial charge in [-0.2, -0.15) is 0 Å². The summed E-state index contributed by atoms with van der Waals surface area (Å²) in [4.78, 5) is 11.9. The molecule has 1 fully saturated rings. The van der Waals surface area contributed by atoms with Gasteiger partial charge < -0.3 is 15.5 Å². The highest BCUT2D eigenvalue weighted by molar-refractivity contribution is 5.95. The Balaban J connectivity index is 2.05. The van der Waals surface area contributed by atoms with Gasteiger partial charge in [0.2, 0.25) is 0 Å². The monoisotopic (exact) mass is 235 g/mol. The van der Waals surface area contributed by atoms with Crippen LogP contribution >= 0.6 is 0 Å². The van der Waals surface area contributed by atoms with Crippen LogP contribution in [0.5, 0.6) is 0 Å². The van der Waals surface area contributed by atoms with E-state index in [4.69, 9.17) is 10.6 Å². The van der Waals surface area contributed by atoms with E-state index in [1.165, 1.54) is 0 Å². The molecule has 1 heterocycles. The van der Waals surface area contributed by atoms with Gasteiger partial charge in [-0.05, 0) is 37.1 Å². The zero-order valence-electron chi connectivity index (χ0n) is 9.82. The average molecular weight is 235 g/mol. The molecule has 4 N–H and O–H groups in total. The van der Waals surface area contributed by atoms with Crippen molar-refractivity contribution in [2.24, 2.45) is 5.84 Å². The molecule has 1 atom stereocenters. The van der Waals surface area contributed by atoms with E-state index in [0.717, 1.165) is 24.3 Å². The van der Waals surface area contributed by atoms with Crippen LogP contribution in [-0.2, 0) is 4.74 Å². The van der Waals surface area contributed by atoms with Crippen molar-refractivity contribution in [2.45, 2.75) is 19.4 Å². The Morgan fingerprint density at radius 2 is 2.35 bits per heavy atom. The number of hydrogen-bond donors (Lipinski definition) is 3. The van der Waals surface area contributed by atoms with Gasteiger partial charge in [0.25, 0.3) is 5.91 Å². The Morgan fingerprint density at radius 3 is 2.94 bits per heavy atom. The van der Waals surface area contributed by atoms with Crippen molar-refractivity contribution in [1.29, 1.82) is 0 Å². The Hall–Kier alpha value is -1.59. The van der Waals surface area contributed by atoms with Crippen LogP contribution in [0.3, 0.4) is 0 Å². The summed E-state index contributed by atoms with van der Waals surface area (Å²) in [5.74, 6) is 5.28. The number of carbonyl (C=O) groups excluding carboxylic acids is 1. The quantitative estimate of drug-likeness (QED) is 0.535. The molecule has 0 aliphatic carbocycles. The van der Waals surface area contributed by atoms with E-state index >= 15 is 0 Å². The summed E-state index contributed by atoms with van der Waals surface area (Å²) in [5, 5.41) is 2.94. The fraction of sp³-hybridized carbons (Fsp3) is 0.417. The highest BCUT2D eigenvalue weighted by atomic mass is 16.5. The molecule has 0 saturated carbocycles. The van der Waals surface area contributed by atoms with Crippen molar-refractivity contribution in [3.63, 3.8) is 0 Å². The molecule has 0 radical (unpaired) electrons. The number of hydrogen-bond acceptors (Lipinski definition) is 4. The lowest BCUT2D eigenvalue weighted by atomic mass is 10.1. The van der Waals surface area contributed by atoms with Gasteiger partial charge in [0, 0.05) is 12.2 Å². The molecule has 5 heteroatoms. The van der Waals surface area contributed by atoms with Crippen LogP contribution in [0.15, 0.2) is 18.2 Å². The predicted molar refractivity (Wildman–Crippen MR) is 65.7 cm³/mol. The number of anilines is 1. The third-order valence-electron chi connectivity index (χ3n) is 2.91. The van der Waals surface area contributed by atoms with Gasteiger partial charge in [-0.3, -0.25) is 10.6 Å². The first kappa shape index (κ1) is 11.9. The van der Waals surface area contributed by atoms with Gasteiger partial charge in [0.15, 0.2) is 0 Å². The van der Waals surface area contributed by atoms with Crippen LogP contribution in [0, 0.1) is 6.92 Å². The first-order valence-electron chi connectivity index (χ1n) is 5.66. The predicted octanol–water partition coefficient (Wildman–Crippen LogP) is 0.799. The SMILES string of the molecule is Cc1cc(C(=O)NC2CCOC2)ccc1NN.